The summed E-state index contributed by atoms with van der Waals surface area (Å²) in [7, 11) is -2.04. The van der Waals surface area contributed by atoms with Gasteiger partial charge >= 0.3 is 5.97 Å². The fourth-order valence-electron chi connectivity index (χ4n) is 1.26. The Bertz CT molecular complexity index is 498. The van der Waals surface area contributed by atoms with E-state index >= 15 is 0 Å². The zero-order valence-electron chi connectivity index (χ0n) is 12.9. The van der Waals surface area contributed by atoms with Crippen LogP contribution < -0.4 is 4.43 Å². The van der Waals surface area contributed by atoms with Crippen LogP contribution in [0.2, 0.25) is 18.1 Å². The van der Waals surface area contributed by atoms with Crippen molar-refractivity contribution in [2.75, 3.05) is 6.61 Å². The van der Waals surface area contributed by atoms with Crippen molar-refractivity contribution >= 4 is 36.9 Å². The van der Waals surface area contributed by atoms with Crippen molar-refractivity contribution < 1.29 is 14.0 Å². The lowest BCUT2D eigenvalue weighted by molar-refractivity contribution is 0.0523. The highest BCUT2D eigenvalue weighted by Gasteiger charge is 2.40. The molecule has 6 heteroatoms. The second-order valence-corrected chi connectivity index (χ2v) is 12.1. The number of rotatable bonds is 4. The van der Waals surface area contributed by atoms with Gasteiger partial charge in [-0.2, -0.15) is 0 Å². The molecule has 0 fully saturated rings. The molecule has 0 N–H and O–H groups in total. The summed E-state index contributed by atoms with van der Waals surface area (Å²) in [5.74, 6) is 0.00248. The Hall–Kier alpha value is -0.633. The van der Waals surface area contributed by atoms with Gasteiger partial charge in [0.1, 0.15) is 5.56 Å². The molecule has 1 heterocycles. The molecule has 1 rings (SSSR count). The molecule has 0 unspecified atom stereocenters. The van der Waals surface area contributed by atoms with Crippen LogP contribution in [0.15, 0.2) is 12.3 Å². The van der Waals surface area contributed by atoms with Gasteiger partial charge in [-0.05, 0) is 53.7 Å². The van der Waals surface area contributed by atoms with Crippen LogP contribution in [0.1, 0.15) is 38.1 Å². The van der Waals surface area contributed by atoms with E-state index in [1.54, 1.807) is 19.2 Å². The fourth-order valence-corrected chi connectivity index (χ4v) is 2.66. The largest absolute Gasteiger partial charge is 0.530 e. The molecule has 0 aromatic carbocycles. The molecular weight excluding hydrogens is 385 g/mol. The first-order chi connectivity index (χ1) is 9.08. The van der Waals surface area contributed by atoms with Crippen LogP contribution in [0.3, 0.4) is 0 Å². The Morgan fingerprint density at radius 2 is 2.00 bits per heavy atom. The van der Waals surface area contributed by atoms with E-state index in [0.29, 0.717) is 18.1 Å². The van der Waals surface area contributed by atoms with Gasteiger partial charge in [-0.25, -0.2) is 9.78 Å². The lowest BCUT2D eigenvalue weighted by atomic mass is 10.2. The minimum atomic E-state index is -2.04. The van der Waals surface area contributed by atoms with Gasteiger partial charge in [0.2, 0.25) is 5.88 Å². The number of aromatic nitrogens is 1. The van der Waals surface area contributed by atoms with E-state index in [1.165, 1.54) is 0 Å². The number of halogens is 1. The first kappa shape index (κ1) is 17.4. The number of carbonyl (C=O) groups is 1. The molecule has 0 atom stereocenters. The van der Waals surface area contributed by atoms with E-state index in [0.717, 1.165) is 3.57 Å². The highest BCUT2D eigenvalue weighted by Crippen LogP contribution is 2.37. The summed E-state index contributed by atoms with van der Waals surface area (Å²) in [5.41, 5.74) is 0.406. The highest BCUT2D eigenvalue weighted by molar-refractivity contribution is 14.1. The van der Waals surface area contributed by atoms with E-state index in [9.17, 15) is 4.79 Å². The smallest absolute Gasteiger partial charge is 0.343 e. The maximum Gasteiger partial charge on any atom is 0.343 e. The van der Waals surface area contributed by atoms with Gasteiger partial charge < -0.3 is 9.16 Å². The van der Waals surface area contributed by atoms with Crippen LogP contribution in [0, 0.1) is 3.57 Å². The number of nitrogens with zero attached hydrogens (tertiary/aromatic N) is 1. The van der Waals surface area contributed by atoms with Crippen molar-refractivity contribution in [2.24, 2.45) is 0 Å². The molecule has 0 aliphatic rings. The number of carbonyl (C=O) groups excluding carboxylic acids is 1. The van der Waals surface area contributed by atoms with Gasteiger partial charge in [0.05, 0.1) is 6.61 Å². The molecule has 1 aromatic rings. The first-order valence-corrected chi connectivity index (χ1v) is 10.6. The minimum absolute atomic E-state index is 0.0452. The average Bonchev–Trinajstić information content (AvgIpc) is 2.30. The van der Waals surface area contributed by atoms with Crippen molar-refractivity contribution in [2.45, 2.75) is 45.8 Å². The molecule has 20 heavy (non-hydrogen) atoms. The molecule has 0 spiro atoms. The monoisotopic (exact) mass is 407 g/mol. The van der Waals surface area contributed by atoms with E-state index < -0.39 is 8.32 Å². The Labute approximate surface area is 135 Å². The summed E-state index contributed by atoms with van der Waals surface area (Å²) < 4.78 is 12.1. The Morgan fingerprint density at radius 1 is 1.40 bits per heavy atom. The Morgan fingerprint density at radius 3 is 2.50 bits per heavy atom. The summed E-state index contributed by atoms with van der Waals surface area (Å²) in [6, 6.07) is 1.76. The molecule has 4 nitrogen and oxygen atoms in total. The lowest BCUT2D eigenvalue weighted by Crippen LogP contribution is -2.44. The van der Waals surface area contributed by atoms with Gasteiger partial charge in [-0.15, -0.1) is 0 Å². The van der Waals surface area contributed by atoms with Crippen LogP contribution >= 0.6 is 22.6 Å². The second-order valence-electron chi connectivity index (χ2n) is 6.09. The molecule has 0 saturated heterocycles. The van der Waals surface area contributed by atoms with Gasteiger partial charge in [-0.1, -0.05) is 20.8 Å². The quantitative estimate of drug-likeness (QED) is 0.426. The van der Waals surface area contributed by atoms with E-state index in [4.69, 9.17) is 9.16 Å². The predicted octanol–water partition coefficient (Wildman–Crippen LogP) is 4.25. The van der Waals surface area contributed by atoms with Crippen molar-refractivity contribution in [1.29, 1.82) is 0 Å². The van der Waals surface area contributed by atoms with Gasteiger partial charge in [-0.3, -0.25) is 0 Å². The standard InChI is InChI=1S/C14H22INO3Si/c1-7-18-13(17)11-8-10(15)9-16-12(11)19-20(5,6)14(2,3)4/h8-9H,7H2,1-6H3. The van der Waals surface area contributed by atoms with Crippen LogP contribution in [-0.4, -0.2) is 25.9 Å². The van der Waals surface area contributed by atoms with Crippen LogP contribution in [0.4, 0.5) is 0 Å². The maximum atomic E-state index is 12.0. The zero-order chi connectivity index (χ0) is 15.6. The minimum Gasteiger partial charge on any atom is -0.530 e. The summed E-state index contributed by atoms with van der Waals surface area (Å²) in [4.78, 5) is 16.3. The SMILES string of the molecule is CCOC(=O)c1cc(I)cnc1O[Si](C)(C)C(C)(C)C. The molecule has 112 valence electrons. The topological polar surface area (TPSA) is 48.4 Å². The van der Waals surface area contributed by atoms with Gasteiger partial charge in [0, 0.05) is 9.77 Å². The normalized spacial score (nSPS) is 12.2. The number of hydrogen-bond donors (Lipinski definition) is 0. The number of ether oxygens (including phenoxy) is 1. The van der Waals surface area contributed by atoms with Crippen LogP contribution in [0.5, 0.6) is 5.88 Å². The van der Waals surface area contributed by atoms with Crippen molar-refractivity contribution in [3.8, 4) is 5.88 Å². The summed E-state index contributed by atoms with van der Waals surface area (Å²) in [5, 5.41) is 0.0452. The van der Waals surface area contributed by atoms with Crippen molar-refractivity contribution in [3.05, 3.63) is 21.4 Å². The molecule has 0 aliphatic heterocycles. The molecule has 1 aromatic heterocycles. The highest BCUT2D eigenvalue weighted by atomic mass is 127. The lowest BCUT2D eigenvalue weighted by Gasteiger charge is -2.36. The van der Waals surface area contributed by atoms with Gasteiger partial charge in [0.15, 0.2) is 0 Å². The second kappa shape index (κ2) is 6.42. The number of pyridine rings is 1. The molecule has 0 radical (unpaired) electrons. The van der Waals surface area contributed by atoms with Crippen molar-refractivity contribution in [3.63, 3.8) is 0 Å². The third kappa shape index (κ3) is 4.18. The van der Waals surface area contributed by atoms with E-state index in [2.05, 4.69) is 61.4 Å². The molecule has 0 saturated carbocycles. The van der Waals surface area contributed by atoms with E-state index in [1.807, 2.05) is 0 Å². The van der Waals surface area contributed by atoms with Gasteiger partial charge in [0.25, 0.3) is 8.32 Å². The van der Waals surface area contributed by atoms with Crippen LogP contribution in [-0.2, 0) is 4.74 Å². The Kier molecular flexibility index (Phi) is 5.59. The molecule has 0 amide bonds. The van der Waals surface area contributed by atoms with Crippen LogP contribution in [0.25, 0.3) is 0 Å². The molecule has 0 aliphatic carbocycles. The number of hydrogen-bond acceptors (Lipinski definition) is 4. The van der Waals surface area contributed by atoms with E-state index in [-0.39, 0.29) is 11.0 Å². The summed E-state index contributed by atoms with van der Waals surface area (Å²) >= 11 is 2.12. The zero-order valence-corrected chi connectivity index (χ0v) is 16.1. The maximum absolute atomic E-state index is 12.0. The third-order valence-electron chi connectivity index (χ3n) is 3.47. The first-order valence-electron chi connectivity index (χ1n) is 6.60. The predicted molar refractivity (Wildman–Crippen MR) is 90.7 cm³/mol. The fraction of sp³-hybridized carbons (Fsp3) is 0.571. The molecule has 0 bridgehead atoms. The summed E-state index contributed by atoms with van der Waals surface area (Å²) in [6.07, 6.45) is 1.70. The Balaban J connectivity index is 3.16. The average molecular weight is 407 g/mol. The summed E-state index contributed by atoms with van der Waals surface area (Å²) in [6.45, 7) is 12.8. The van der Waals surface area contributed by atoms with Crippen molar-refractivity contribution in [1.82, 2.24) is 4.98 Å². The third-order valence-corrected chi connectivity index (χ3v) is 8.38. The number of esters is 1. The molecular formula is C14H22INO3Si.